The molecule has 2 nitrogen and oxygen atoms in total. The largest absolute Gasteiger partial charge is 0.496 e. The molecule has 1 unspecified atom stereocenters. The molecule has 2 aromatic rings. The first-order valence-corrected chi connectivity index (χ1v) is 7.14. The molecule has 0 aliphatic rings. The monoisotopic (exact) mass is 269 g/mol. The second-order valence-corrected chi connectivity index (χ2v) is 5.23. The van der Waals surface area contributed by atoms with E-state index < -0.39 is 0 Å². The Morgan fingerprint density at radius 3 is 2.55 bits per heavy atom. The van der Waals surface area contributed by atoms with Crippen molar-refractivity contribution in [2.75, 3.05) is 7.11 Å². The van der Waals surface area contributed by atoms with Gasteiger partial charge in [-0.25, -0.2) is 0 Å². The van der Waals surface area contributed by atoms with Crippen LogP contribution in [0.5, 0.6) is 5.75 Å². The summed E-state index contributed by atoms with van der Waals surface area (Å²) in [6.45, 7) is 2.08. The van der Waals surface area contributed by atoms with Crippen LogP contribution in [-0.2, 0) is 6.42 Å². The molecular weight excluding hydrogens is 246 g/mol. The van der Waals surface area contributed by atoms with Gasteiger partial charge in [-0.1, -0.05) is 48.0 Å². The Labute approximate surface area is 121 Å². The molecule has 1 atom stereocenters. The summed E-state index contributed by atoms with van der Waals surface area (Å²) in [5, 5.41) is 0. The third kappa shape index (κ3) is 3.84. The maximum absolute atomic E-state index is 6.32. The Bertz CT molecular complexity index is 536. The highest BCUT2D eigenvalue weighted by Crippen LogP contribution is 2.27. The van der Waals surface area contributed by atoms with Crippen LogP contribution in [0.25, 0.3) is 0 Å². The molecule has 0 spiro atoms. The van der Waals surface area contributed by atoms with Crippen molar-refractivity contribution in [3.8, 4) is 5.75 Å². The Morgan fingerprint density at radius 2 is 1.85 bits per heavy atom. The molecule has 106 valence electrons. The molecule has 0 amide bonds. The summed E-state index contributed by atoms with van der Waals surface area (Å²) < 4.78 is 5.41. The van der Waals surface area contributed by atoms with E-state index in [1.807, 2.05) is 12.1 Å². The predicted octanol–water partition coefficient (Wildman–Crippen LogP) is 4.03. The number of ether oxygens (including phenoxy) is 1. The lowest BCUT2D eigenvalue weighted by atomic mass is 9.97. The molecule has 0 aliphatic heterocycles. The lowest BCUT2D eigenvalue weighted by Gasteiger charge is -2.16. The van der Waals surface area contributed by atoms with Crippen LogP contribution < -0.4 is 10.5 Å². The van der Waals surface area contributed by atoms with Crippen molar-refractivity contribution < 1.29 is 4.74 Å². The van der Waals surface area contributed by atoms with E-state index in [2.05, 4.69) is 43.3 Å². The molecule has 2 heteroatoms. The Balaban J connectivity index is 1.95. The summed E-state index contributed by atoms with van der Waals surface area (Å²) >= 11 is 0. The van der Waals surface area contributed by atoms with Gasteiger partial charge in [-0.2, -0.15) is 0 Å². The Kier molecular flexibility index (Phi) is 5.19. The van der Waals surface area contributed by atoms with E-state index in [9.17, 15) is 0 Å². The second kappa shape index (κ2) is 7.11. The molecule has 2 aromatic carbocycles. The molecule has 0 fully saturated rings. The van der Waals surface area contributed by atoms with Gasteiger partial charge < -0.3 is 10.5 Å². The van der Waals surface area contributed by atoms with Crippen LogP contribution in [0.4, 0.5) is 0 Å². The summed E-state index contributed by atoms with van der Waals surface area (Å²) in [4.78, 5) is 0. The zero-order chi connectivity index (χ0) is 14.4. The fraction of sp³-hybridized carbons (Fsp3) is 0.333. The minimum atomic E-state index is 0.0357. The summed E-state index contributed by atoms with van der Waals surface area (Å²) in [7, 11) is 1.70. The van der Waals surface area contributed by atoms with Crippen molar-refractivity contribution in [1.29, 1.82) is 0 Å². The van der Waals surface area contributed by atoms with E-state index in [0.717, 1.165) is 30.6 Å². The third-order valence-electron chi connectivity index (χ3n) is 3.61. The molecule has 2 N–H and O–H groups in total. The van der Waals surface area contributed by atoms with Crippen molar-refractivity contribution >= 4 is 0 Å². The van der Waals surface area contributed by atoms with Gasteiger partial charge in [-0.3, -0.25) is 0 Å². The Morgan fingerprint density at radius 1 is 1.10 bits per heavy atom. The van der Waals surface area contributed by atoms with Crippen LogP contribution >= 0.6 is 0 Å². The van der Waals surface area contributed by atoms with Crippen LogP contribution in [0.2, 0.25) is 0 Å². The number of methoxy groups -OCH3 is 1. The first-order valence-electron chi connectivity index (χ1n) is 7.14. The smallest absolute Gasteiger partial charge is 0.123 e. The van der Waals surface area contributed by atoms with Gasteiger partial charge in [0.1, 0.15) is 5.75 Å². The zero-order valence-electron chi connectivity index (χ0n) is 12.3. The van der Waals surface area contributed by atoms with Crippen molar-refractivity contribution in [2.45, 2.75) is 32.2 Å². The first kappa shape index (κ1) is 14.6. The minimum Gasteiger partial charge on any atom is -0.496 e. The van der Waals surface area contributed by atoms with Gasteiger partial charge in [0.05, 0.1) is 7.11 Å². The van der Waals surface area contributed by atoms with Gasteiger partial charge in [0, 0.05) is 11.6 Å². The molecule has 2 rings (SSSR count). The van der Waals surface area contributed by atoms with Crippen molar-refractivity contribution in [3.05, 3.63) is 65.2 Å². The summed E-state index contributed by atoms with van der Waals surface area (Å²) in [5.74, 6) is 0.891. The van der Waals surface area contributed by atoms with Gasteiger partial charge in [0.15, 0.2) is 0 Å². The molecule has 0 radical (unpaired) electrons. The highest BCUT2D eigenvalue weighted by molar-refractivity contribution is 5.39. The van der Waals surface area contributed by atoms with E-state index in [4.69, 9.17) is 10.5 Å². The number of nitrogens with two attached hydrogens (primary N) is 1. The lowest BCUT2D eigenvalue weighted by molar-refractivity contribution is 0.403. The van der Waals surface area contributed by atoms with Crippen LogP contribution in [-0.4, -0.2) is 7.11 Å². The van der Waals surface area contributed by atoms with Gasteiger partial charge in [0.25, 0.3) is 0 Å². The number of rotatable bonds is 6. The van der Waals surface area contributed by atoms with Gasteiger partial charge >= 0.3 is 0 Å². The minimum absolute atomic E-state index is 0.0357. The number of aryl methyl sites for hydroxylation is 2. The van der Waals surface area contributed by atoms with Crippen molar-refractivity contribution in [3.63, 3.8) is 0 Å². The number of hydrogen-bond acceptors (Lipinski definition) is 2. The molecule has 0 aromatic heterocycles. The molecule has 20 heavy (non-hydrogen) atoms. The van der Waals surface area contributed by atoms with Crippen LogP contribution in [0.15, 0.2) is 48.5 Å². The maximum Gasteiger partial charge on any atom is 0.123 e. The molecule has 0 bridgehead atoms. The summed E-state index contributed by atoms with van der Waals surface area (Å²) in [5.41, 5.74) is 10.0. The second-order valence-electron chi connectivity index (χ2n) is 5.23. The fourth-order valence-electron chi connectivity index (χ4n) is 2.47. The third-order valence-corrected chi connectivity index (χ3v) is 3.61. The highest BCUT2D eigenvalue weighted by Gasteiger charge is 2.11. The van der Waals surface area contributed by atoms with Crippen LogP contribution in [0, 0.1) is 6.92 Å². The fourth-order valence-corrected chi connectivity index (χ4v) is 2.47. The molecule has 0 saturated carbocycles. The Hall–Kier alpha value is -1.80. The standard InChI is InChI=1S/C18H23NO/c1-14-11-12-18(20-2)16(13-14)17(19)10-6-9-15-7-4-3-5-8-15/h3-5,7-8,11-13,17H,6,9-10,19H2,1-2H3. The van der Waals surface area contributed by atoms with Crippen LogP contribution in [0.3, 0.4) is 0 Å². The van der Waals surface area contributed by atoms with Crippen LogP contribution in [0.1, 0.15) is 35.6 Å². The summed E-state index contributed by atoms with van der Waals surface area (Å²) in [6, 6.07) is 16.8. The van der Waals surface area contributed by atoms with Gasteiger partial charge in [-0.05, 0) is 37.8 Å². The first-order chi connectivity index (χ1) is 9.70. The average molecular weight is 269 g/mol. The predicted molar refractivity (Wildman–Crippen MR) is 84.0 cm³/mol. The SMILES string of the molecule is COc1ccc(C)cc1C(N)CCCc1ccccc1. The zero-order valence-corrected chi connectivity index (χ0v) is 12.3. The average Bonchev–Trinajstić information content (AvgIpc) is 2.48. The number of benzene rings is 2. The van der Waals surface area contributed by atoms with E-state index in [1.165, 1.54) is 11.1 Å². The summed E-state index contributed by atoms with van der Waals surface area (Å²) in [6.07, 6.45) is 3.12. The topological polar surface area (TPSA) is 35.2 Å². The molecule has 0 heterocycles. The quantitative estimate of drug-likeness (QED) is 0.859. The molecular formula is C18H23NO. The lowest BCUT2D eigenvalue weighted by Crippen LogP contribution is -2.12. The normalized spacial score (nSPS) is 12.2. The van der Waals surface area contributed by atoms with E-state index in [-0.39, 0.29) is 6.04 Å². The van der Waals surface area contributed by atoms with Gasteiger partial charge in [0.2, 0.25) is 0 Å². The van der Waals surface area contributed by atoms with Gasteiger partial charge in [-0.15, -0.1) is 0 Å². The molecule has 0 saturated heterocycles. The van der Waals surface area contributed by atoms with Crippen molar-refractivity contribution in [1.82, 2.24) is 0 Å². The maximum atomic E-state index is 6.32. The van der Waals surface area contributed by atoms with Crippen molar-refractivity contribution in [2.24, 2.45) is 5.73 Å². The molecule has 0 aliphatic carbocycles. The van der Waals surface area contributed by atoms with E-state index in [0.29, 0.717) is 0 Å². The van der Waals surface area contributed by atoms with E-state index in [1.54, 1.807) is 7.11 Å². The van der Waals surface area contributed by atoms with E-state index >= 15 is 0 Å². The highest BCUT2D eigenvalue weighted by atomic mass is 16.5. The number of hydrogen-bond donors (Lipinski definition) is 1.